The summed E-state index contributed by atoms with van der Waals surface area (Å²) >= 11 is 0. The van der Waals surface area contributed by atoms with Crippen LogP contribution in [0.3, 0.4) is 0 Å². The molecule has 4 nitrogen and oxygen atoms in total. The van der Waals surface area contributed by atoms with Crippen molar-refractivity contribution in [2.75, 3.05) is 0 Å². The monoisotopic (exact) mass is 729 g/mol. The molecule has 0 unspecified atom stereocenters. The van der Waals surface area contributed by atoms with Gasteiger partial charge in [-0.15, -0.1) is 0 Å². The van der Waals surface area contributed by atoms with Crippen molar-refractivity contribution >= 4 is 43.7 Å². The van der Waals surface area contributed by atoms with E-state index in [9.17, 15) is 0 Å². The minimum atomic E-state index is -0.618. The summed E-state index contributed by atoms with van der Waals surface area (Å²) in [5.41, 5.74) is 10.5. The zero-order valence-electron chi connectivity index (χ0n) is 31.0. The Morgan fingerprint density at radius 1 is 0.404 bits per heavy atom. The maximum absolute atomic E-state index is 6.60. The van der Waals surface area contributed by atoms with Crippen LogP contribution in [0.1, 0.15) is 22.3 Å². The standard InChI is InChI=1S/C53H35N3O/c1-4-19-37(20-5-1)53(38-21-6-2-7-22-38,39-23-8-3-9-24-39)40-25-16-18-36(34-40)52-54-46(45-30-17-29-44-43-28-12-15-33-49(43)57-51(44)45)35-50(55-52)56-47-31-13-10-26-41(47)42-27-11-14-32-48(42)56/h1-35H. The van der Waals surface area contributed by atoms with E-state index < -0.39 is 5.41 Å². The van der Waals surface area contributed by atoms with Crippen LogP contribution in [0.4, 0.5) is 0 Å². The minimum Gasteiger partial charge on any atom is -0.455 e. The number of hydrogen-bond donors (Lipinski definition) is 0. The first-order chi connectivity index (χ1) is 28.3. The average Bonchev–Trinajstić information content (AvgIpc) is 3.84. The van der Waals surface area contributed by atoms with Crippen molar-refractivity contribution in [3.05, 3.63) is 235 Å². The maximum Gasteiger partial charge on any atom is 0.162 e. The molecule has 0 amide bonds. The Labute approximate surface area is 330 Å². The molecule has 0 atom stereocenters. The molecule has 268 valence electrons. The fraction of sp³-hybridized carbons (Fsp3) is 0.0189. The van der Waals surface area contributed by atoms with Gasteiger partial charge in [-0.2, -0.15) is 0 Å². The molecule has 4 heteroatoms. The lowest BCUT2D eigenvalue weighted by atomic mass is 9.65. The maximum atomic E-state index is 6.60. The molecule has 8 aromatic carbocycles. The quantitative estimate of drug-likeness (QED) is 0.153. The van der Waals surface area contributed by atoms with Gasteiger partial charge in [-0.3, -0.25) is 4.57 Å². The molecule has 0 aliphatic heterocycles. The van der Waals surface area contributed by atoms with Crippen molar-refractivity contribution in [3.8, 4) is 28.5 Å². The highest BCUT2D eigenvalue weighted by Gasteiger charge is 2.38. The summed E-state index contributed by atoms with van der Waals surface area (Å²) in [5.74, 6) is 1.41. The van der Waals surface area contributed by atoms with Gasteiger partial charge >= 0.3 is 0 Å². The number of aromatic nitrogens is 3. The van der Waals surface area contributed by atoms with Crippen LogP contribution in [-0.2, 0) is 5.41 Å². The summed E-state index contributed by atoms with van der Waals surface area (Å²) in [5, 5.41) is 4.49. The van der Waals surface area contributed by atoms with E-state index >= 15 is 0 Å². The van der Waals surface area contributed by atoms with Crippen LogP contribution >= 0.6 is 0 Å². The fourth-order valence-corrected chi connectivity index (χ4v) is 8.89. The molecule has 3 aromatic heterocycles. The van der Waals surface area contributed by atoms with E-state index in [0.29, 0.717) is 5.82 Å². The molecular weight excluding hydrogens is 695 g/mol. The zero-order valence-corrected chi connectivity index (χ0v) is 31.0. The minimum absolute atomic E-state index is 0.618. The Kier molecular flexibility index (Phi) is 7.68. The van der Waals surface area contributed by atoms with E-state index in [4.69, 9.17) is 14.4 Å². The molecule has 0 N–H and O–H groups in total. The van der Waals surface area contributed by atoms with Crippen molar-refractivity contribution < 1.29 is 4.42 Å². The molecule has 0 spiro atoms. The summed E-state index contributed by atoms with van der Waals surface area (Å²) in [4.78, 5) is 10.9. The molecule has 11 rings (SSSR count). The second-order valence-electron chi connectivity index (χ2n) is 14.5. The van der Waals surface area contributed by atoms with Gasteiger partial charge in [0.15, 0.2) is 5.82 Å². The largest absolute Gasteiger partial charge is 0.455 e. The van der Waals surface area contributed by atoms with Crippen LogP contribution in [0, 0.1) is 0 Å². The number of benzene rings is 8. The van der Waals surface area contributed by atoms with Gasteiger partial charge in [-0.25, -0.2) is 9.97 Å². The highest BCUT2D eigenvalue weighted by atomic mass is 16.3. The number of furan rings is 1. The molecule has 57 heavy (non-hydrogen) atoms. The SMILES string of the molecule is c1ccc(C(c2ccccc2)(c2ccccc2)c2cccc(-c3nc(-c4cccc5c4oc4ccccc45)cc(-n4c5ccccc5c5ccccc54)n3)c2)cc1. The number of para-hydroxylation sites is 4. The molecule has 0 saturated carbocycles. The third-order valence-corrected chi connectivity index (χ3v) is 11.4. The van der Waals surface area contributed by atoms with Crippen LogP contribution in [0.2, 0.25) is 0 Å². The van der Waals surface area contributed by atoms with Crippen LogP contribution in [-0.4, -0.2) is 14.5 Å². The predicted octanol–water partition coefficient (Wildman–Crippen LogP) is 13.2. The third kappa shape index (κ3) is 5.22. The van der Waals surface area contributed by atoms with Crippen molar-refractivity contribution in [2.24, 2.45) is 0 Å². The highest BCUT2D eigenvalue weighted by Crippen LogP contribution is 2.46. The van der Waals surface area contributed by atoms with Gasteiger partial charge in [-0.05, 0) is 52.6 Å². The topological polar surface area (TPSA) is 43.9 Å². The number of hydrogen-bond acceptors (Lipinski definition) is 3. The van der Waals surface area contributed by atoms with Gasteiger partial charge in [0.1, 0.15) is 17.0 Å². The van der Waals surface area contributed by atoms with Gasteiger partial charge in [0.05, 0.1) is 22.1 Å². The van der Waals surface area contributed by atoms with E-state index in [1.807, 2.05) is 12.1 Å². The van der Waals surface area contributed by atoms with Crippen molar-refractivity contribution in [1.29, 1.82) is 0 Å². The molecule has 0 fully saturated rings. The van der Waals surface area contributed by atoms with Gasteiger partial charge in [0.2, 0.25) is 0 Å². The highest BCUT2D eigenvalue weighted by molar-refractivity contribution is 6.10. The van der Waals surface area contributed by atoms with Crippen LogP contribution in [0.25, 0.3) is 72.2 Å². The predicted molar refractivity (Wildman–Crippen MR) is 233 cm³/mol. The van der Waals surface area contributed by atoms with Crippen molar-refractivity contribution in [2.45, 2.75) is 5.41 Å². The van der Waals surface area contributed by atoms with E-state index in [0.717, 1.165) is 61.2 Å². The molecule has 3 heterocycles. The van der Waals surface area contributed by atoms with Crippen molar-refractivity contribution in [1.82, 2.24) is 14.5 Å². The first kappa shape index (κ1) is 32.8. The molecule has 0 radical (unpaired) electrons. The van der Waals surface area contributed by atoms with E-state index in [1.54, 1.807) is 0 Å². The normalized spacial score (nSPS) is 11.9. The Morgan fingerprint density at radius 2 is 0.912 bits per heavy atom. The summed E-state index contributed by atoms with van der Waals surface area (Å²) in [6.45, 7) is 0. The number of nitrogens with zero attached hydrogens (tertiary/aromatic N) is 3. The summed E-state index contributed by atoms with van der Waals surface area (Å²) < 4.78 is 8.87. The summed E-state index contributed by atoms with van der Waals surface area (Å²) in [7, 11) is 0. The second kappa shape index (κ2) is 13.3. The second-order valence-corrected chi connectivity index (χ2v) is 14.5. The summed E-state index contributed by atoms with van der Waals surface area (Å²) in [6.07, 6.45) is 0. The summed E-state index contributed by atoms with van der Waals surface area (Å²) in [6, 6.07) is 75.0. The van der Waals surface area contributed by atoms with Gasteiger partial charge in [0, 0.05) is 38.7 Å². The first-order valence-electron chi connectivity index (χ1n) is 19.3. The smallest absolute Gasteiger partial charge is 0.162 e. The Hall–Kier alpha value is -7.56. The van der Waals surface area contributed by atoms with Crippen LogP contribution in [0.15, 0.2) is 217 Å². The lowest BCUT2D eigenvalue weighted by Gasteiger charge is -2.37. The number of fused-ring (bicyclic) bond motifs is 6. The van der Waals surface area contributed by atoms with E-state index in [2.05, 4.69) is 205 Å². The Bertz CT molecular complexity index is 3090. The first-order valence-corrected chi connectivity index (χ1v) is 19.3. The Morgan fingerprint density at radius 3 is 1.54 bits per heavy atom. The van der Waals surface area contributed by atoms with E-state index in [1.165, 1.54) is 27.5 Å². The molecular formula is C53H35N3O. The molecule has 0 aliphatic carbocycles. The Balaban J connectivity index is 1.20. The molecule has 11 aromatic rings. The van der Waals surface area contributed by atoms with Crippen LogP contribution in [0.5, 0.6) is 0 Å². The van der Waals surface area contributed by atoms with E-state index in [-0.39, 0.29) is 0 Å². The van der Waals surface area contributed by atoms with Crippen LogP contribution < -0.4 is 0 Å². The third-order valence-electron chi connectivity index (χ3n) is 11.4. The molecule has 0 aliphatic rings. The average molecular weight is 730 g/mol. The zero-order chi connectivity index (χ0) is 37.8. The number of rotatable bonds is 7. The van der Waals surface area contributed by atoms with Gasteiger partial charge < -0.3 is 4.42 Å². The fourth-order valence-electron chi connectivity index (χ4n) is 8.89. The lowest BCUT2D eigenvalue weighted by molar-refractivity contribution is 0.670. The lowest BCUT2D eigenvalue weighted by Crippen LogP contribution is -2.31. The van der Waals surface area contributed by atoms with Gasteiger partial charge in [0.25, 0.3) is 0 Å². The van der Waals surface area contributed by atoms with Gasteiger partial charge in [-0.1, -0.05) is 176 Å². The van der Waals surface area contributed by atoms with Crippen molar-refractivity contribution in [3.63, 3.8) is 0 Å². The molecule has 0 saturated heterocycles. The molecule has 0 bridgehead atoms.